The summed E-state index contributed by atoms with van der Waals surface area (Å²) in [6.45, 7) is 5.33. The largest absolute Gasteiger partial charge is 0.347 e. The van der Waals surface area contributed by atoms with Crippen LogP contribution in [0, 0.1) is 6.92 Å². The molecule has 25 heavy (non-hydrogen) atoms. The lowest BCUT2D eigenvalue weighted by Gasteiger charge is -2.26. The number of aromatic nitrogens is 2. The van der Waals surface area contributed by atoms with Gasteiger partial charge in [-0.1, -0.05) is 29.8 Å². The van der Waals surface area contributed by atoms with E-state index in [1.807, 2.05) is 26.0 Å². The normalized spacial score (nSPS) is 11.3. The van der Waals surface area contributed by atoms with Gasteiger partial charge in [-0.3, -0.25) is 9.69 Å². The van der Waals surface area contributed by atoms with E-state index in [4.69, 9.17) is 0 Å². The third-order valence-corrected chi connectivity index (χ3v) is 4.06. The van der Waals surface area contributed by atoms with Crippen molar-refractivity contribution < 1.29 is 4.79 Å². The smallest absolute Gasteiger partial charge is 0.237 e. The lowest BCUT2D eigenvalue weighted by molar-refractivity contribution is -0.133. The SMILES string of the molecule is Cc1ccc(CN(C)CC(=O)N(CCN(C)C)Cc2cnc[nH]2)cc1. The molecule has 0 atom stereocenters. The highest BCUT2D eigenvalue weighted by molar-refractivity contribution is 5.78. The van der Waals surface area contributed by atoms with Crippen molar-refractivity contribution in [2.24, 2.45) is 0 Å². The van der Waals surface area contributed by atoms with E-state index in [0.717, 1.165) is 18.8 Å². The number of carbonyl (C=O) groups excluding carboxylic acids is 1. The van der Waals surface area contributed by atoms with Crippen LogP contribution in [0.3, 0.4) is 0 Å². The molecule has 0 aliphatic heterocycles. The lowest BCUT2D eigenvalue weighted by Crippen LogP contribution is -2.41. The summed E-state index contributed by atoms with van der Waals surface area (Å²) in [5, 5.41) is 0. The number of benzene rings is 1. The molecule has 1 heterocycles. The number of aromatic amines is 1. The van der Waals surface area contributed by atoms with Gasteiger partial charge in [-0.15, -0.1) is 0 Å². The Morgan fingerprint density at radius 1 is 1.08 bits per heavy atom. The van der Waals surface area contributed by atoms with Gasteiger partial charge in [0.15, 0.2) is 0 Å². The molecule has 1 amide bonds. The molecule has 0 aliphatic carbocycles. The van der Waals surface area contributed by atoms with Crippen LogP contribution in [0.25, 0.3) is 0 Å². The van der Waals surface area contributed by atoms with Crippen molar-refractivity contribution >= 4 is 5.91 Å². The average molecular weight is 343 g/mol. The summed E-state index contributed by atoms with van der Waals surface area (Å²) < 4.78 is 0. The third kappa shape index (κ3) is 6.68. The molecular weight excluding hydrogens is 314 g/mol. The van der Waals surface area contributed by atoms with Crippen molar-refractivity contribution in [1.29, 1.82) is 0 Å². The number of imidazole rings is 1. The van der Waals surface area contributed by atoms with Gasteiger partial charge in [0.1, 0.15) is 0 Å². The predicted octanol–water partition coefficient (Wildman–Crippen LogP) is 1.74. The molecule has 2 rings (SSSR count). The topological polar surface area (TPSA) is 55.5 Å². The van der Waals surface area contributed by atoms with Crippen molar-refractivity contribution in [2.75, 3.05) is 40.8 Å². The second kappa shape index (κ2) is 9.34. The molecule has 0 saturated carbocycles. The number of hydrogen-bond acceptors (Lipinski definition) is 4. The second-order valence-electron chi connectivity index (χ2n) is 6.85. The summed E-state index contributed by atoms with van der Waals surface area (Å²) in [6.07, 6.45) is 3.42. The van der Waals surface area contributed by atoms with Crippen LogP contribution >= 0.6 is 0 Å². The summed E-state index contributed by atoms with van der Waals surface area (Å²) >= 11 is 0. The first kappa shape index (κ1) is 19.1. The summed E-state index contributed by atoms with van der Waals surface area (Å²) in [6, 6.07) is 8.44. The Kier molecular flexibility index (Phi) is 7.16. The number of hydrogen-bond donors (Lipinski definition) is 1. The first-order valence-corrected chi connectivity index (χ1v) is 8.58. The van der Waals surface area contributed by atoms with Gasteiger partial charge in [0, 0.05) is 25.8 Å². The van der Waals surface area contributed by atoms with Crippen molar-refractivity contribution in [3.05, 3.63) is 53.6 Å². The van der Waals surface area contributed by atoms with E-state index in [0.29, 0.717) is 19.6 Å². The van der Waals surface area contributed by atoms with E-state index in [1.165, 1.54) is 11.1 Å². The summed E-state index contributed by atoms with van der Waals surface area (Å²) in [4.78, 5) is 25.9. The van der Waals surface area contributed by atoms with Gasteiger partial charge < -0.3 is 14.8 Å². The van der Waals surface area contributed by atoms with Gasteiger partial charge in [-0.05, 0) is 33.6 Å². The molecule has 1 N–H and O–H groups in total. The molecule has 0 spiro atoms. The average Bonchev–Trinajstić information content (AvgIpc) is 3.06. The lowest BCUT2D eigenvalue weighted by atomic mass is 10.1. The van der Waals surface area contributed by atoms with Crippen LogP contribution in [0.15, 0.2) is 36.8 Å². The molecule has 1 aromatic carbocycles. The second-order valence-corrected chi connectivity index (χ2v) is 6.85. The Bertz CT molecular complexity index is 636. The molecule has 0 fully saturated rings. The van der Waals surface area contributed by atoms with Crippen LogP contribution in [-0.2, 0) is 17.9 Å². The standard InChI is InChI=1S/C19H29N5O/c1-16-5-7-17(8-6-16)12-23(4)14-19(25)24(10-9-22(2)3)13-18-11-20-15-21-18/h5-8,11,15H,9-10,12-14H2,1-4H3,(H,20,21). The Morgan fingerprint density at radius 3 is 2.40 bits per heavy atom. The quantitative estimate of drug-likeness (QED) is 0.753. The zero-order valence-corrected chi connectivity index (χ0v) is 15.7. The highest BCUT2D eigenvalue weighted by atomic mass is 16.2. The minimum absolute atomic E-state index is 0.131. The first-order chi connectivity index (χ1) is 11.9. The van der Waals surface area contributed by atoms with Gasteiger partial charge >= 0.3 is 0 Å². The number of likely N-dealkylation sites (N-methyl/N-ethyl adjacent to an activating group) is 2. The Hall–Kier alpha value is -2.18. The predicted molar refractivity (Wildman–Crippen MR) is 100 cm³/mol. The molecular formula is C19H29N5O. The fourth-order valence-corrected chi connectivity index (χ4v) is 2.58. The number of amides is 1. The summed E-state index contributed by atoms with van der Waals surface area (Å²) in [5.74, 6) is 0.131. The minimum Gasteiger partial charge on any atom is -0.347 e. The minimum atomic E-state index is 0.131. The van der Waals surface area contributed by atoms with E-state index >= 15 is 0 Å². The molecule has 1 aromatic heterocycles. The van der Waals surface area contributed by atoms with Crippen molar-refractivity contribution in [1.82, 2.24) is 24.7 Å². The van der Waals surface area contributed by atoms with Gasteiger partial charge in [-0.25, -0.2) is 4.98 Å². The monoisotopic (exact) mass is 343 g/mol. The van der Waals surface area contributed by atoms with E-state index in [1.54, 1.807) is 12.5 Å². The number of nitrogens with zero attached hydrogens (tertiary/aromatic N) is 4. The van der Waals surface area contributed by atoms with Crippen LogP contribution in [0.4, 0.5) is 0 Å². The van der Waals surface area contributed by atoms with E-state index in [-0.39, 0.29) is 5.91 Å². The molecule has 6 nitrogen and oxygen atoms in total. The van der Waals surface area contributed by atoms with E-state index < -0.39 is 0 Å². The van der Waals surface area contributed by atoms with Crippen LogP contribution < -0.4 is 0 Å². The van der Waals surface area contributed by atoms with Crippen LogP contribution in [-0.4, -0.2) is 71.4 Å². The van der Waals surface area contributed by atoms with E-state index in [2.05, 4.69) is 51.0 Å². The Morgan fingerprint density at radius 2 is 1.80 bits per heavy atom. The zero-order chi connectivity index (χ0) is 18.2. The Labute approximate surface area is 150 Å². The Balaban J connectivity index is 1.93. The molecule has 6 heteroatoms. The van der Waals surface area contributed by atoms with Gasteiger partial charge in [0.25, 0.3) is 0 Å². The summed E-state index contributed by atoms with van der Waals surface area (Å²) in [7, 11) is 6.02. The van der Waals surface area contributed by atoms with Crippen LogP contribution in [0.2, 0.25) is 0 Å². The van der Waals surface area contributed by atoms with E-state index in [9.17, 15) is 4.79 Å². The molecule has 136 valence electrons. The number of nitrogens with one attached hydrogen (secondary N) is 1. The van der Waals surface area contributed by atoms with Gasteiger partial charge in [0.05, 0.1) is 25.1 Å². The zero-order valence-electron chi connectivity index (χ0n) is 15.7. The van der Waals surface area contributed by atoms with Crippen molar-refractivity contribution in [3.63, 3.8) is 0 Å². The number of carbonyl (C=O) groups is 1. The molecule has 0 saturated heterocycles. The fourth-order valence-electron chi connectivity index (χ4n) is 2.58. The molecule has 2 aromatic rings. The van der Waals surface area contributed by atoms with Crippen LogP contribution in [0.1, 0.15) is 16.8 Å². The maximum absolute atomic E-state index is 12.8. The van der Waals surface area contributed by atoms with Gasteiger partial charge in [0.2, 0.25) is 5.91 Å². The highest BCUT2D eigenvalue weighted by Gasteiger charge is 2.17. The summed E-state index contributed by atoms with van der Waals surface area (Å²) in [5.41, 5.74) is 3.42. The third-order valence-electron chi connectivity index (χ3n) is 4.06. The molecule has 0 aliphatic rings. The maximum Gasteiger partial charge on any atom is 0.237 e. The highest BCUT2D eigenvalue weighted by Crippen LogP contribution is 2.07. The fraction of sp³-hybridized carbons (Fsp3) is 0.474. The van der Waals surface area contributed by atoms with Crippen LogP contribution in [0.5, 0.6) is 0 Å². The number of rotatable bonds is 9. The van der Waals surface area contributed by atoms with Crippen molar-refractivity contribution in [2.45, 2.75) is 20.0 Å². The maximum atomic E-state index is 12.8. The molecule has 0 radical (unpaired) electrons. The molecule has 0 bridgehead atoms. The first-order valence-electron chi connectivity index (χ1n) is 8.58. The van der Waals surface area contributed by atoms with Crippen molar-refractivity contribution in [3.8, 4) is 0 Å². The van der Waals surface area contributed by atoms with Gasteiger partial charge in [-0.2, -0.15) is 0 Å². The number of aryl methyl sites for hydroxylation is 1. The number of H-pyrrole nitrogens is 1. The molecule has 0 unspecified atom stereocenters.